The highest BCUT2D eigenvalue weighted by molar-refractivity contribution is 6.31. The molecule has 1 aromatic rings. The van der Waals surface area contributed by atoms with Crippen LogP contribution in [0.3, 0.4) is 0 Å². The van der Waals surface area contributed by atoms with Gasteiger partial charge in [-0.1, -0.05) is 28.9 Å². The molecule has 0 fully saturated rings. The molecule has 0 atom stereocenters. The first kappa shape index (κ1) is 16.1. The predicted octanol–water partition coefficient (Wildman–Crippen LogP) is 1.66. The summed E-state index contributed by atoms with van der Waals surface area (Å²) in [5.41, 5.74) is 6.01. The number of nitrogens with one attached hydrogen (secondary N) is 1. The van der Waals surface area contributed by atoms with Crippen molar-refractivity contribution in [1.82, 2.24) is 5.32 Å². The molecule has 0 aliphatic heterocycles. The molecular weight excluding hydrogens is 299 g/mol. The summed E-state index contributed by atoms with van der Waals surface area (Å²) >= 11 is 5.74. The van der Waals surface area contributed by atoms with E-state index in [-0.39, 0.29) is 5.84 Å². The van der Waals surface area contributed by atoms with Crippen LogP contribution in [-0.2, 0) is 9.63 Å². The van der Waals surface area contributed by atoms with Crippen LogP contribution in [0.2, 0.25) is 5.02 Å². The van der Waals surface area contributed by atoms with Crippen LogP contribution in [0.1, 0.15) is 5.56 Å². The lowest BCUT2D eigenvalue weighted by atomic mass is 10.2. The van der Waals surface area contributed by atoms with Crippen LogP contribution in [0.5, 0.6) is 0 Å². The van der Waals surface area contributed by atoms with Crippen molar-refractivity contribution < 1.29 is 22.8 Å². The minimum atomic E-state index is -4.47. The predicted molar refractivity (Wildman–Crippen MR) is 67.2 cm³/mol. The molecule has 0 radical (unpaired) electrons. The third kappa shape index (κ3) is 6.28. The van der Waals surface area contributed by atoms with Gasteiger partial charge in [-0.3, -0.25) is 4.79 Å². The minimum absolute atomic E-state index is 0.0453. The average Bonchev–Trinajstić information content (AvgIpc) is 2.35. The Morgan fingerprint density at radius 2 is 2.15 bits per heavy atom. The van der Waals surface area contributed by atoms with Gasteiger partial charge in [0.2, 0.25) is 0 Å². The third-order valence-corrected chi connectivity index (χ3v) is 2.20. The molecule has 5 nitrogen and oxygen atoms in total. The van der Waals surface area contributed by atoms with Crippen molar-refractivity contribution in [3.05, 3.63) is 34.9 Å². The van der Waals surface area contributed by atoms with E-state index in [9.17, 15) is 18.0 Å². The standard InChI is InChI=1S/C11H11ClF3N3O2/c12-8-3-1-2-7(4-8)10(16)18-20-5-9(19)17-6-11(13,14)15/h1-4H,5-6H2,(H2,16,18)(H,17,19). The maximum Gasteiger partial charge on any atom is 0.405 e. The second-order valence-electron chi connectivity index (χ2n) is 3.65. The summed E-state index contributed by atoms with van der Waals surface area (Å²) in [6.07, 6.45) is -4.47. The van der Waals surface area contributed by atoms with Crippen LogP contribution in [0, 0.1) is 0 Å². The van der Waals surface area contributed by atoms with Gasteiger partial charge >= 0.3 is 6.18 Å². The number of halogens is 4. The zero-order valence-electron chi connectivity index (χ0n) is 10.1. The number of carbonyl (C=O) groups is 1. The van der Waals surface area contributed by atoms with Crippen molar-refractivity contribution in [2.45, 2.75) is 6.18 Å². The van der Waals surface area contributed by atoms with Gasteiger partial charge in [0.25, 0.3) is 5.91 Å². The molecule has 0 bridgehead atoms. The van der Waals surface area contributed by atoms with E-state index in [2.05, 4.69) is 9.99 Å². The summed E-state index contributed by atoms with van der Waals surface area (Å²) in [4.78, 5) is 15.6. The Labute approximate surface area is 117 Å². The number of amides is 1. The fraction of sp³-hybridized carbons (Fsp3) is 0.273. The quantitative estimate of drug-likeness (QED) is 0.493. The van der Waals surface area contributed by atoms with Gasteiger partial charge in [-0.25, -0.2) is 0 Å². The fourth-order valence-electron chi connectivity index (χ4n) is 1.11. The molecule has 0 aliphatic carbocycles. The Hall–Kier alpha value is -1.96. The summed E-state index contributed by atoms with van der Waals surface area (Å²) in [5, 5.41) is 5.47. The second-order valence-corrected chi connectivity index (χ2v) is 4.09. The van der Waals surface area contributed by atoms with Gasteiger partial charge in [0.15, 0.2) is 12.4 Å². The van der Waals surface area contributed by atoms with E-state index in [1.165, 1.54) is 6.07 Å². The molecular formula is C11H11ClF3N3O2. The van der Waals surface area contributed by atoms with Gasteiger partial charge in [-0.05, 0) is 12.1 Å². The first-order chi connectivity index (χ1) is 9.28. The molecule has 20 heavy (non-hydrogen) atoms. The topological polar surface area (TPSA) is 76.7 Å². The van der Waals surface area contributed by atoms with E-state index in [1.807, 2.05) is 0 Å². The zero-order valence-corrected chi connectivity index (χ0v) is 10.8. The molecule has 110 valence electrons. The van der Waals surface area contributed by atoms with Crippen molar-refractivity contribution in [2.24, 2.45) is 10.9 Å². The molecule has 9 heteroatoms. The van der Waals surface area contributed by atoms with Gasteiger partial charge in [0, 0.05) is 10.6 Å². The Morgan fingerprint density at radius 1 is 1.45 bits per heavy atom. The fourth-order valence-corrected chi connectivity index (χ4v) is 1.30. The summed E-state index contributed by atoms with van der Waals surface area (Å²) < 4.78 is 35.4. The highest BCUT2D eigenvalue weighted by atomic mass is 35.5. The molecule has 1 amide bonds. The molecule has 0 saturated heterocycles. The van der Waals surface area contributed by atoms with Gasteiger partial charge < -0.3 is 15.9 Å². The van der Waals surface area contributed by atoms with Crippen LogP contribution in [0.4, 0.5) is 13.2 Å². The third-order valence-electron chi connectivity index (χ3n) is 1.96. The maximum absolute atomic E-state index is 11.8. The number of amidine groups is 1. The molecule has 0 unspecified atom stereocenters. The van der Waals surface area contributed by atoms with E-state index in [1.54, 1.807) is 23.5 Å². The number of hydrogen-bond donors (Lipinski definition) is 2. The number of nitrogens with zero attached hydrogens (tertiary/aromatic N) is 1. The highest BCUT2D eigenvalue weighted by Gasteiger charge is 2.27. The van der Waals surface area contributed by atoms with Crippen LogP contribution < -0.4 is 11.1 Å². The first-order valence-corrected chi connectivity index (χ1v) is 5.70. The lowest BCUT2D eigenvalue weighted by Gasteiger charge is -2.07. The van der Waals surface area contributed by atoms with Crippen molar-refractivity contribution in [2.75, 3.05) is 13.2 Å². The smallest absolute Gasteiger partial charge is 0.384 e. The first-order valence-electron chi connectivity index (χ1n) is 5.33. The van der Waals surface area contributed by atoms with Crippen LogP contribution in [0.25, 0.3) is 0 Å². The van der Waals surface area contributed by atoms with E-state index in [0.29, 0.717) is 10.6 Å². The molecule has 1 aromatic carbocycles. The average molecular weight is 310 g/mol. The molecule has 0 spiro atoms. The van der Waals surface area contributed by atoms with E-state index in [0.717, 1.165) is 0 Å². The molecule has 1 rings (SSSR count). The number of hydrogen-bond acceptors (Lipinski definition) is 3. The largest absolute Gasteiger partial charge is 0.405 e. The zero-order chi connectivity index (χ0) is 15.2. The number of carbonyl (C=O) groups excluding carboxylic acids is 1. The summed E-state index contributed by atoms with van der Waals surface area (Å²) in [6, 6.07) is 6.39. The van der Waals surface area contributed by atoms with Crippen molar-refractivity contribution in [1.29, 1.82) is 0 Å². The van der Waals surface area contributed by atoms with Gasteiger partial charge in [-0.15, -0.1) is 0 Å². The Balaban J connectivity index is 2.42. The minimum Gasteiger partial charge on any atom is -0.384 e. The lowest BCUT2D eigenvalue weighted by Crippen LogP contribution is -2.35. The number of nitrogens with two attached hydrogens (primary N) is 1. The molecule has 0 heterocycles. The van der Waals surface area contributed by atoms with E-state index < -0.39 is 25.2 Å². The lowest BCUT2D eigenvalue weighted by molar-refractivity contribution is -0.141. The summed E-state index contributed by atoms with van der Waals surface area (Å²) in [7, 11) is 0. The second kappa shape index (κ2) is 6.99. The number of rotatable bonds is 5. The summed E-state index contributed by atoms with van der Waals surface area (Å²) in [5.74, 6) is -0.999. The number of alkyl halides is 3. The van der Waals surface area contributed by atoms with Crippen molar-refractivity contribution in [3.63, 3.8) is 0 Å². The van der Waals surface area contributed by atoms with Gasteiger partial charge in [-0.2, -0.15) is 13.2 Å². The molecule has 0 aliphatic rings. The Morgan fingerprint density at radius 3 is 2.75 bits per heavy atom. The van der Waals surface area contributed by atoms with Crippen LogP contribution in [0.15, 0.2) is 29.4 Å². The maximum atomic E-state index is 11.8. The molecule has 0 saturated carbocycles. The van der Waals surface area contributed by atoms with E-state index >= 15 is 0 Å². The highest BCUT2D eigenvalue weighted by Crippen LogP contribution is 2.12. The number of oxime groups is 1. The van der Waals surface area contributed by atoms with Gasteiger partial charge in [0.05, 0.1) is 0 Å². The van der Waals surface area contributed by atoms with Crippen molar-refractivity contribution >= 4 is 23.3 Å². The Kier molecular flexibility index (Phi) is 5.63. The van der Waals surface area contributed by atoms with E-state index in [4.69, 9.17) is 17.3 Å². The normalized spacial score (nSPS) is 12.1. The van der Waals surface area contributed by atoms with Gasteiger partial charge in [0.1, 0.15) is 6.54 Å². The Bertz CT molecular complexity index is 506. The molecule has 0 aromatic heterocycles. The van der Waals surface area contributed by atoms with Crippen molar-refractivity contribution in [3.8, 4) is 0 Å². The van der Waals surface area contributed by atoms with Crippen LogP contribution >= 0.6 is 11.6 Å². The monoisotopic (exact) mass is 309 g/mol. The molecule has 3 N–H and O–H groups in total. The number of benzene rings is 1. The van der Waals surface area contributed by atoms with Crippen LogP contribution in [-0.4, -0.2) is 31.1 Å². The SMILES string of the molecule is N/C(=N\OCC(=O)NCC(F)(F)F)c1cccc(Cl)c1. The summed E-state index contributed by atoms with van der Waals surface area (Å²) in [6.45, 7) is -2.10.